The molecule has 3 nitrogen and oxygen atoms in total. The van der Waals surface area contributed by atoms with Crippen molar-refractivity contribution in [3.63, 3.8) is 0 Å². The number of nitrogens with one attached hydrogen (secondary N) is 1. The zero-order valence-corrected chi connectivity index (χ0v) is 10.7. The summed E-state index contributed by atoms with van der Waals surface area (Å²) in [7, 11) is 1.94. The van der Waals surface area contributed by atoms with Crippen LogP contribution in [0.2, 0.25) is 0 Å². The van der Waals surface area contributed by atoms with Crippen molar-refractivity contribution < 1.29 is 0 Å². The van der Waals surface area contributed by atoms with Gasteiger partial charge in [-0.15, -0.1) is 0 Å². The minimum atomic E-state index is 0.803. The van der Waals surface area contributed by atoms with Crippen molar-refractivity contribution in [1.82, 2.24) is 14.9 Å². The van der Waals surface area contributed by atoms with Crippen LogP contribution >= 0.6 is 0 Å². The third-order valence-electron chi connectivity index (χ3n) is 2.77. The zero-order valence-electron chi connectivity index (χ0n) is 10.7. The number of rotatable bonds is 4. The van der Waals surface area contributed by atoms with Crippen LogP contribution < -0.4 is 5.32 Å². The normalized spacial score (nSPS) is 10.8. The summed E-state index contributed by atoms with van der Waals surface area (Å²) in [6.45, 7) is 5.97. The Hall–Kier alpha value is -1.61. The lowest BCUT2D eigenvalue weighted by Crippen LogP contribution is -2.12. The SMILES string of the molecule is CNCc1nccn1Cc1cc(C)cc(C)c1. The fourth-order valence-corrected chi connectivity index (χ4v) is 2.17. The Morgan fingerprint density at radius 1 is 1.18 bits per heavy atom. The average molecular weight is 229 g/mol. The molecule has 0 radical (unpaired) electrons. The minimum Gasteiger partial charge on any atom is -0.329 e. The largest absolute Gasteiger partial charge is 0.329 e. The molecule has 0 aliphatic heterocycles. The second kappa shape index (κ2) is 5.15. The second-order valence-corrected chi connectivity index (χ2v) is 4.50. The maximum atomic E-state index is 4.35. The molecule has 0 saturated carbocycles. The lowest BCUT2D eigenvalue weighted by Gasteiger charge is -2.09. The number of hydrogen-bond donors (Lipinski definition) is 1. The van der Waals surface area contributed by atoms with E-state index in [0.717, 1.165) is 18.9 Å². The number of nitrogens with zero attached hydrogens (tertiary/aromatic N) is 2. The molecular weight excluding hydrogens is 210 g/mol. The zero-order chi connectivity index (χ0) is 12.3. The van der Waals surface area contributed by atoms with E-state index in [9.17, 15) is 0 Å². The summed E-state index contributed by atoms with van der Waals surface area (Å²) in [5.74, 6) is 1.08. The van der Waals surface area contributed by atoms with Crippen LogP contribution in [0.25, 0.3) is 0 Å². The molecule has 90 valence electrons. The van der Waals surface area contributed by atoms with E-state index in [2.05, 4.69) is 46.9 Å². The van der Waals surface area contributed by atoms with Crippen molar-refractivity contribution in [2.45, 2.75) is 26.9 Å². The number of aryl methyl sites for hydroxylation is 2. The van der Waals surface area contributed by atoms with Crippen LogP contribution in [0.4, 0.5) is 0 Å². The highest BCUT2D eigenvalue weighted by Crippen LogP contribution is 2.11. The predicted molar refractivity (Wildman–Crippen MR) is 70.0 cm³/mol. The highest BCUT2D eigenvalue weighted by atomic mass is 15.1. The minimum absolute atomic E-state index is 0.803. The molecule has 0 bridgehead atoms. The standard InChI is InChI=1S/C14H19N3/c1-11-6-12(2)8-13(7-11)10-17-5-4-16-14(17)9-15-3/h4-8,15H,9-10H2,1-3H3. The van der Waals surface area contributed by atoms with E-state index in [0.29, 0.717) is 0 Å². The van der Waals surface area contributed by atoms with Gasteiger partial charge >= 0.3 is 0 Å². The Balaban J connectivity index is 2.22. The second-order valence-electron chi connectivity index (χ2n) is 4.50. The van der Waals surface area contributed by atoms with Crippen molar-refractivity contribution in [3.05, 3.63) is 53.1 Å². The van der Waals surface area contributed by atoms with Crippen molar-refractivity contribution >= 4 is 0 Å². The molecule has 0 atom stereocenters. The maximum Gasteiger partial charge on any atom is 0.122 e. The highest BCUT2D eigenvalue weighted by Gasteiger charge is 2.03. The molecule has 1 N–H and O–H groups in total. The molecule has 0 aliphatic carbocycles. The van der Waals surface area contributed by atoms with Crippen LogP contribution in [-0.4, -0.2) is 16.6 Å². The number of aromatic nitrogens is 2. The summed E-state index contributed by atoms with van der Waals surface area (Å²) in [4.78, 5) is 4.35. The summed E-state index contributed by atoms with van der Waals surface area (Å²) in [5, 5.41) is 3.14. The molecule has 0 fully saturated rings. The molecule has 2 rings (SSSR count). The van der Waals surface area contributed by atoms with Gasteiger partial charge in [0.1, 0.15) is 5.82 Å². The van der Waals surface area contributed by atoms with Crippen LogP contribution in [0.1, 0.15) is 22.5 Å². The monoisotopic (exact) mass is 229 g/mol. The van der Waals surface area contributed by atoms with E-state index >= 15 is 0 Å². The maximum absolute atomic E-state index is 4.35. The Kier molecular flexibility index (Phi) is 3.59. The first kappa shape index (κ1) is 11.9. The van der Waals surface area contributed by atoms with Crippen LogP contribution in [0.5, 0.6) is 0 Å². The van der Waals surface area contributed by atoms with Crippen molar-refractivity contribution in [2.75, 3.05) is 7.05 Å². The molecule has 1 aromatic heterocycles. The van der Waals surface area contributed by atoms with E-state index < -0.39 is 0 Å². The summed E-state index contributed by atoms with van der Waals surface area (Å²) >= 11 is 0. The van der Waals surface area contributed by atoms with Crippen LogP contribution in [0.15, 0.2) is 30.6 Å². The van der Waals surface area contributed by atoms with Gasteiger partial charge in [0.15, 0.2) is 0 Å². The molecule has 2 aromatic rings. The smallest absolute Gasteiger partial charge is 0.122 e. The molecule has 0 unspecified atom stereocenters. The van der Waals surface area contributed by atoms with E-state index in [-0.39, 0.29) is 0 Å². The quantitative estimate of drug-likeness (QED) is 0.871. The fourth-order valence-electron chi connectivity index (χ4n) is 2.17. The third-order valence-corrected chi connectivity index (χ3v) is 2.77. The molecule has 0 aliphatic rings. The molecule has 0 saturated heterocycles. The van der Waals surface area contributed by atoms with Crippen LogP contribution in [-0.2, 0) is 13.1 Å². The molecule has 0 amide bonds. The van der Waals surface area contributed by atoms with Gasteiger partial charge in [-0.25, -0.2) is 4.98 Å². The van der Waals surface area contributed by atoms with Gasteiger partial charge in [-0.2, -0.15) is 0 Å². The van der Waals surface area contributed by atoms with Gasteiger partial charge in [0, 0.05) is 18.9 Å². The third kappa shape index (κ3) is 2.94. The summed E-state index contributed by atoms with van der Waals surface area (Å²) in [6, 6.07) is 6.66. The lowest BCUT2D eigenvalue weighted by molar-refractivity contribution is 0.673. The van der Waals surface area contributed by atoms with Crippen LogP contribution in [0.3, 0.4) is 0 Å². The predicted octanol–water partition coefficient (Wildman–Crippen LogP) is 2.27. The van der Waals surface area contributed by atoms with Gasteiger partial charge in [0.2, 0.25) is 0 Å². The first-order chi connectivity index (χ1) is 8.19. The average Bonchev–Trinajstić information content (AvgIpc) is 2.65. The van der Waals surface area contributed by atoms with Crippen LogP contribution in [0, 0.1) is 13.8 Å². The Bertz CT molecular complexity index is 480. The lowest BCUT2D eigenvalue weighted by atomic mass is 10.1. The topological polar surface area (TPSA) is 29.9 Å². The molecule has 17 heavy (non-hydrogen) atoms. The Morgan fingerprint density at radius 2 is 1.88 bits per heavy atom. The molecule has 0 spiro atoms. The first-order valence-corrected chi connectivity index (χ1v) is 5.91. The van der Waals surface area contributed by atoms with Gasteiger partial charge in [0.25, 0.3) is 0 Å². The number of hydrogen-bond acceptors (Lipinski definition) is 2. The van der Waals surface area contributed by atoms with Gasteiger partial charge in [-0.3, -0.25) is 0 Å². The fraction of sp³-hybridized carbons (Fsp3) is 0.357. The van der Waals surface area contributed by atoms with Crippen molar-refractivity contribution in [2.24, 2.45) is 0 Å². The van der Waals surface area contributed by atoms with E-state index in [4.69, 9.17) is 0 Å². The summed E-state index contributed by atoms with van der Waals surface area (Å²) < 4.78 is 2.19. The highest BCUT2D eigenvalue weighted by molar-refractivity contribution is 5.28. The van der Waals surface area contributed by atoms with Gasteiger partial charge < -0.3 is 9.88 Å². The van der Waals surface area contributed by atoms with Crippen molar-refractivity contribution in [1.29, 1.82) is 0 Å². The Morgan fingerprint density at radius 3 is 2.53 bits per heavy atom. The van der Waals surface area contributed by atoms with Gasteiger partial charge in [0.05, 0.1) is 6.54 Å². The summed E-state index contributed by atoms with van der Waals surface area (Å²) in [5.41, 5.74) is 3.96. The molecular formula is C14H19N3. The summed E-state index contributed by atoms with van der Waals surface area (Å²) in [6.07, 6.45) is 3.89. The molecule has 1 aromatic carbocycles. The van der Waals surface area contributed by atoms with E-state index in [1.54, 1.807) is 0 Å². The van der Waals surface area contributed by atoms with Gasteiger partial charge in [-0.05, 0) is 26.5 Å². The number of benzene rings is 1. The van der Waals surface area contributed by atoms with Crippen molar-refractivity contribution in [3.8, 4) is 0 Å². The Labute approximate surface area is 103 Å². The molecule has 1 heterocycles. The molecule has 3 heteroatoms. The number of imidazole rings is 1. The van der Waals surface area contributed by atoms with E-state index in [1.807, 2.05) is 19.4 Å². The van der Waals surface area contributed by atoms with Gasteiger partial charge in [-0.1, -0.05) is 29.3 Å². The van der Waals surface area contributed by atoms with E-state index in [1.165, 1.54) is 16.7 Å². The first-order valence-electron chi connectivity index (χ1n) is 5.91.